The van der Waals surface area contributed by atoms with Gasteiger partial charge in [0, 0.05) is 5.56 Å². The smallest absolute Gasteiger partial charge is 0.406 e. The third kappa shape index (κ3) is 2.89. The lowest BCUT2D eigenvalue weighted by Gasteiger charge is -2.08. The molecule has 0 fully saturated rings. The normalized spacial score (nSPS) is 11.6. The Morgan fingerprint density at radius 1 is 1.17 bits per heavy atom. The number of nitrogens with two attached hydrogens (primary N) is 1. The summed E-state index contributed by atoms with van der Waals surface area (Å²) >= 11 is 0.667. The number of ether oxygens (including phenoxy) is 1. The third-order valence-corrected chi connectivity index (χ3v) is 2.64. The van der Waals surface area contributed by atoms with Crippen LogP contribution in [0.4, 0.5) is 22.7 Å². The summed E-state index contributed by atoms with van der Waals surface area (Å²) < 4.78 is 52.8. The second-order valence-corrected chi connectivity index (χ2v) is 4.23. The van der Waals surface area contributed by atoms with Crippen LogP contribution in [-0.2, 0) is 0 Å². The summed E-state index contributed by atoms with van der Waals surface area (Å²) in [5, 5.41) is -0.532. The lowest BCUT2D eigenvalue weighted by atomic mass is 10.2. The van der Waals surface area contributed by atoms with Crippen molar-refractivity contribution in [3.63, 3.8) is 0 Å². The molecule has 96 valence electrons. The molecule has 0 amide bonds. The van der Waals surface area contributed by atoms with E-state index in [1.54, 1.807) is 0 Å². The number of rotatable bonds is 2. The molecule has 8 heteroatoms. The Morgan fingerprint density at radius 2 is 1.78 bits per heavy atom. The highest BCUT2D eigenvalue weighted by Crippen LogP contribution is 2.30. The SMILES string of the molecule is Nc1nc(-c2ccc(OC(F)(F)F)cc2)c(F)s1. The van der Waals surface area contributed by atoms with E-state index < -0.39 is 11.5 Å². The van der Waals surface area contributed by atoms with Crippen molar-refractivity contribution in [1.82, 2.24) is 4.98 Å². The van der Waals surface area contributed by atoms with E-state index >= 15 is 0 Å². The van der Waals surface area contributed by atoms with Gasteiger partial charge in [-0.3, -0.25) is 0 Å². The largest absolute Gasteiger partial charge is 0.573 e. The summed E-state index contributed by atoms with van der Waals surface area (Å²) in [5.41, 5.74) is 5.66. The van der Waals surface area contributed by atoms with Crippen molar-refractivity contribution in [2.75, 3.05) is 5.73 Å². The molecule has 2 rings (SSSR count). The van der Waals surface area contributed by atoms with Crippen LogP contribution in [0.3, 0.4) is 0 Å². The second kappa shape index (κ2) is 4.45. The summed E-state index contributed by atoms with van der Waals surface area (Å²) in [6.07, 6.45) is -4.75. The van der Waals surface area contributed by atoms with Crippen LogP contribution in [0.1, 0.15) is 0 Å². The van der Waals surface area contributed by atoms with Crippen molar-refractivity contribution < 1.29 is 22.3 Å². The van der Waals surface area contributed by atoms with Crippen LogP contribution in [0, 0.1) is 5.13 Å². The molecule has 0 bridgehead atoms. The van der Waals surface area contributed by atoms with Crippen molar-refractivity contribution in [2.24, 2.45) is 0 Å². The number of nitrogen functional groups attached to an aromatic ring is 1. The van der Waals surface area contributed by atoms with E-state index in [4.69, 9.17) is 5.73 Å². The molecule has 0 saturated heterocycles. The van der Waals surface area contributed by atoms with Crippen molar-refractivity contribution >= 4 is 16.5 Å². The van der Waals surface area contributed by atoms with Gasteiger partial charge < -0.3 is 10.5 Å². The Balaban J connectivity index is 2.25. The first-order chi connectivity index (χ1) is 8.35. The Bertz CT molecular complexity index is 550. The minimum Gasteiger partial charge on any atom is -0.406 e. The van der Waals surface area contributed by atoms with E-state index in [9.17, 15) is 17.6 Å². The number of halogens is 4. The van der Waals surface area contributed by atoms with Crippen LogP contribution in [0.5, 0.6) is 5.75 Å². The van der Waals surface area contributed by atoms with E-state index in [1.165, 1.54) is 12.1 Å². The van der Waals surface area contributed by atoms with E-state index in [-0.39, 0.29) is 16.6 Å². The van der Waals surface area contributed by atoms with Gasteiger partial charge in [-0.15, -0.1) is 13.2 Å². The van der Waals surface area contributed by atoms with Crippen LogP contribution in [-0.4, -0.2) is 11.3 Å². The lowest BCUT2D eigenvalue weighted by Crippen LogP contribution is -2.16. The zero-order valence-electron chi connectivity index (χ0n) is 8.66. The Morgan fingerprint density at radius 3 is 2.22 bits per heavy atom. The maximum absolute atomic E-state index is 13.3. The van der Waals surface area contributed by atoms with E-state index in [2.05, 4.69) is 9.72 Å². The molecule has 0 saturated carbocycles. The summed E-state index contributed by atoms with van der Waals surface area (Å²) in [6.45, 7) is 0. The fourth-order valence-electron chi connectivity index (χ4n) is 1.31. The molecule has 2 N–H and O–H groups in total. The molecule has 0 atom stereocenters. The van der Waals surface area contributed by atoms with E-state index in [1.807, 2.05) is 0 Å². The summed E-state index contributed by atoms with van der Waals surface area (Å²) in [7, 11) is 0. The van der Waals surface area contributed by atoms with Crippen molar-refractivity contribution in [3.8, 4) is 17.0 Å². The number of hydrogen-bond acceptors (Lipinski definition) is 4. The molecule has 18 heavy (non-hydrogen) atoms. The number of benzene rings is 1. The van der Waals surface area contributed by atoms with Crippen molar-refractivity contribution in [3.05, 3.63) is 29.4 Å². The van der Waals surface area contributed by atoms with Gasteiger partial charge in [0.15, 0.2) is 5.13 Å². The first kappa shape index (κ1) is 12.6. The quantitative estimate of drug-likeness (QED) is 0.856. The molecule has 0 aliphatic rings. The van der Waals surface area contributed by atoms with Gasteiger partial charge in [0.25, 0.3) is 0 Å². The topological polar surface area (TPSA) is 48.1 Å². The van der Waals surface area contributed by atoms with Gasteiger partial charge in [0.05, 0.1) is 0 Å². The molecular formula is C10H6F4N2OS. The Kier molecular flexibility index (Phi) is 3.12. The van der Waals surface area contributed by atoms with Crippen LogP contribution in [0.15, 0.2) is 24.3 Å². The summed E-state index contributed by atoms with van der Waals surface area (Å²) in [5.74, 6) is -0.380. The molecule has 1 aromatic heterocycles. The van der Waals surface area contributed by atoms with E-state index in [0.717, 1.165) is 12.1 Å². The van der Waals surface area contributed by atoms with Gasteiger partial charge in [-0.25, -0.2) is 4.98 Å². The highest BCUT2D eigenvalue weighted by atomic mass is 32.1. The zero-order valence-corrected chi connectivity index (χ0v) is 9.48. The Hall–Kier alpha value is -1.83. The molecule has 1 aromatic carbocycles. The van der Waals surface area contributed by atoms with Gasteiger partial charge >= 0.3 is 6.36 Å². The molecule has 0 unspecified atom stereocenters. The molecule has 2 aromatic rings. The first-order valence-electron chi connectivity index (χ1n) is 4.63. The van der Waals surface area contributed by atoms with Crippen LogP contribution in [0.2, 0.25) is 0 Å². The molecule has 3 nitrogen and oxygen atoms in total. The van der Waals surface area contributed by atoms with Gasteiger partial charge in [0.2, 0.25) is 5.13 Å². The average Bonchev–Trinajstić information content (AvgIpc) is 2.57. The summed E-state index contributed by atoms with van der Waals surface area (Å²) in [6, 6.07) is 4.72. The molecule has 0 radical (unpaired) electrons. The van der Waals surface area contributed by atoms with Crippen molar-refractivity contribution in [2.45, 2.75) is 6.36 Å². The van der Waals surface area contributed by atoms with Gasteiger partial charge in [-0.1, -0.05) is 11.3 Å². The van der Waals surface area contributed by atoms with Crippen LogP contribution in [0.25, 0.3) is 11.3 Å². The molecule has 0 spiro atoms. The number of anilines is 1. The number of thiazole rings is 1. The fourth-order valence-corrected chi connectivity index (χ4v) is 1.89. The maximum atomic E-state index is 13.3. The first-order valence-corrected chi connectivity index (χ1v) is 5.45. The van der Waals surface area contributed by atoms with Crippen LogP contribution >= 0.6 is 11.3 Å². The maximum Gasteiger partial charge on any atom is 0.573 e. The molecule has 1 heterocycles. The number of aromatic nitrogens is 1. The average molecular weight is 278 g/mol. The van der Waals surface area contributed by atoms with Gasteiger partial charge in [-0.2, -0.15) is 4.39 Å². The second-order valence-electron chi connectivity index (χ2n) is 3.25. The number of alkyl halides is 3. The zero-order chi connectivity index (χ0) is 13.3. The predicted octanol–water partition coefficient (Wildman–Crippen LogP) is 3.43. The van der Waals surface area contributed by atoms with Crippen LogP contribution < -0.4 is 10.5 Å². The summed E-state index contributed by atoms with van der Waals surface area (Å²) in [4.78, 5) is 3.74. The minimum atomic E-state index is -4.75. The highest BCUT2D eigenvalue weighted by Gasteiger charge is 2.31. The predicted molar refractivity (Wildman–Crippen MR) is 58.6 cm³/mol. The standard InChI is InChI=1S/C10H6F4N2OS/c11-8-7(16-9(15)18-8)5-1-3-6(4-2-5)17-10(12,13)14/h1-4H,(H2,15,16). The molecule has 0 aliphatic carbocycles. The fraction of sp³-hybridized carbons (Fsp3) is 0.100. The van der Waals surface area contributed by atoms with E-state index in [0.29, 0.717) is 16.9 Å². The molecular weight excluding hydrogens is 272 g/mol. The number of hydrogen-bond donors (Lipinski definition) is 1. The lowest BCUT2D eigenvalue weighted by molar-refractivity contribution is -0.274. The Labute approximate surface area is 103 Å². The van der Waals surface area contributed by atoms with Crippen molar-refractivity contribution in [1.29, 1.82) is 0 Å². The molecule has 0 aliphatic heterocycles. The highest BCUT2D eigenvalue weighted by molar-refractivity contribution is 7.14. The third-order valence-electron chi connectivity index (χ3n) is 1.96. The monoisotopic (exact) mass is 278 g/mol. The number of nitrogens with zero attached hydrogens (tertiary/aromatic N) is 1. The van der Waals surface area contributed by atoms with Gasteiger partial charge in [0.1, 0.15) is 11.4 Å². The minimum absolute atomic E-state index is 0.0102. The van der Waals surface area contributed by atoms with Gasteiger partial charge in [-0.05, 0) is 24.3 Å².